The average Bonchev–Trinajstić information content (AvgIpc) is 2.55. The smallest absolute Gasteiger partial charge is 0.374 e. The second-order valence-electron chi connectivity index (χ2n) is 6.12. The minimum atomic E-state index is -1.23. The molecule has 0 rings (SSSR count). The van der Waals surface area contributed by atoms with Crippen LogP contribution < -0.4 is 0 Å². The summed E-state index contributed by atoms with van der Waals surface area (Å²) >= 11 is 0. The summed E-state index contributed by atoms with van der Waals surface area (Å²) in [6.45, 7) is 2.26. The maximum absolute atomic E-state index is 11.1. The fourth-order valence-corrected chi connectivity index (χ4v) is 2.54. The Kier molecular flexibility index (Phi) is 16.8. The molecule has 0 aromatic rings. The highest BCUT2D eigenvalue weighted by molar-refractivity contribution is 5.75. The maximum atomic E-state index is 11.1. The van der Waals surface area contributed by atoms with Gasteiger partial charge in [0.25, 0.3) is 0 Å². The van der Waals surface area contributed by atoms with Crippen LogP contribution in [0.2, 0.25) is 0 Å². The van der Waals surface area contributed by atoms with E-state index < -0.39 is 12.1 Å². The van der Waals surface area contributed by atoms with Gasteiger partial charge >= 0.3 is 5.97 Å². The van der Waals surface area contributed by atoms with Crippen LogP contribution in [0.1, 0.15) is 90.4 Å². The highest BCUT2D eigenvalue weighted by Gasteiger charge is 2.12. The third kappa shape index (κ3) is 15.8. The van der Waals surface area contributed by atoms with Gasteiger partial charge in [0, 0.05) is 0 Å². The van der Waals surface area contributed by atoms with Gasteiger partial charge in [-0.2, -0.15) is 4.89 Å². The maximum Gasteiger partial charge on any atom is 0.374 e. The zero-order valence-electron chi connectivity index (χ0n) is 15.1. The molecule has 0 aliphatic heterocycles. The van der Waals surface area contributed by atoms with E-state index >= 15 is 0 Å². The van der Waals surface area contributed by atoms with Crippen LogP contribution in [0.5, 0.6) is 0 Å². The molecule has 0 fully saturated rings. The lowest BCUT2D eigenvalue weighted by atomic mass is 10.0. The van der Waals surface area contributed by atoms with Gasteiger partial charge in [-0.3, -0.25) is 4.89 Å². The topological polar surface area (TPSA) is 55.8 Å². The third-order valence-corrected chi connectivity index (χ3v) is 3.95. The quantitative estimate of drug-likeness (QED) is 0.185. The number of carbonyl (C=O) groups is 1. The molecule has 0 heterocycles. The van der Waals surface area contributed by atoms with Crippen LogP contribution in [0.15, 0.2) is 12.2 Å². The van der Waals surface area contributed by atoms with Gasteiger partial charge in [-0.25, -0.2) is 4.79 Å². The predicted molar refractivity (Wildman–Crippen MR) is 93.9 cm³/mol. The number of allylic oxidation sites excluding steroid dienone is 1. The number of rotatable bonds is 16. The second-order valence-corrected chi connectivity index (χ2v) is 6.12. The molecule has 0 aromatic heterocycles. The molecule has 136 valence electrons. The lowest BCUT2D eigenvalue weighted by Gasteiger charge is -2.03. The highest BCUT2D eigenvalue weighted by atomic mass is 17.2. The van der Waals surface area contributed by atoms with Crippen molar-refractivity contribution in [2.75, 3.05) is 7.11 Å². The van der Waals surface area contributed by atoms with Crippen LogP contribution in [-0.4, -0.2) is 24.3 Å². The van der Waals surface area contributed by atoms with Gasteiger partial charge in [-0.1, -0.05) is 83.6 Å². The molecule has 0 aliphatic carbocycles. The van der Waals surface area contributed by atoms with Crippen molar-refractivity contribution in [2.24, 2.45) is 0 Å². The monoisotopic (exact) mass is 328 g/mol. The van der Waals surface area contributed by atoms with Gasteiger partial charge in [-0.15, -0.1) is 0 Å². The number of aliphatic hydroxyl groups excluding tert-OH is 1. The first-order valence-corrected chi connectivity index (χ1v) is 9.31. The zero-order valence-corrected chi connectivity index (χ0v) is 15.1. The molecule has 0 amide bonds. The van der Waals surface area contributed by atoms with Crippen LogP contribution >= 0.6 is 0 Å². The van der Waals surface area contributed by atoms with Crippen LogP contribution in [-0.2, 0) is 14.6 Å². The van der Waals surface area contributed by atoms with E-state index in [1.54, 1.807) is 0 Å². The Morgan fingerprint density at radius 3 is 1.87 bits per heavy atom. The van der Waals surface area contributed by atoms with Gasteiger partial charge in [0.2, 0.25) is 0 Å². The van der Waals surface area contributed by atoms with Gasteiger partial charge in [0.05, 0.1) is 7.11 Å². The molecule has 0 saturated carbocycles. The molecule has 0 spiro atoms. The minimum absolute atomic E-state index is 0.779. The Labute approximate surface area is 142 Å². The predicted octanol–water partition coefficient (Wildman–Crippen LogP) is 5.10. The van der Waals surface area contributed by atoms with Gasteiger partial charge in [0.15, 0.2) is 6.10 Å². The molecule has 23 heavy (non-hydrogen) atoms. The molecule has 0 saturated heterocycles. The first-order chi connectivity index (χ1) is 11.2. The van der Waals surface area contributed by atoms with Crippen LogP contribution in [0.4, 0.5) is 0 Å². The van der Waals surface area contributed by atoms with Crippen molar-refractivity contribution < 1.29 is 19.7 Å². The largest absolute Gasteiger partial charge is 0.377 e. The van der Waals surface area contributed by atoms with E-state index in [1.165, 1.54) is 83.8 Å². The number of hydrogen-bond donors (Lipinski definition) is 1. The van der Waals surface area contributed by atoms with Crippen molar-refractivity contribution in [1.82, 2.24) is 0 Å². The molecule has 1 atom stereocenters. The summed E-state index contributed by atoms with van der Waals surface area (Å²) < 4.78 is 0. The number of aliphatic hydroxyl groups is 1. The lowest BCUT2D eigenvalue weighted by molar-refractivity contribution is -0.260. The minimum Gasteiger partial charge on any atom is -0.377 e. The van der Waals surface area contributed by atoms with Crippen molar-refractivity contribution in [3.63, 3.8) is 0 Å². The van der Waals surface area contributed by atoms with E-state index in [9.17, 15) is 9.90 Å². The number of carbonyl (C=O) groups excluding carboxylic acids is 1. The van der Waals surface area contributed by atoms with Crippen molar-refractivity contribution in [3.05, 3.63) is 12.2 Å². The molecule has 4 nitrogen and oxygen atoms in total. The van der Waals surface area contributed by atoms with Crippen molar-refractivity contribution in [2.45, 2.75) is 96.5 Å². The first-order valence-electron chi connectivity index (χ1n) is 9.31. The fraction of sp³-hybridized carbons (Fsp3) is 0.842. The summed E-state index contributed by atoms with van der Waals surface area (Å²) in [7, 11) is 1.24. The molecular formula is C19H36O4. The Balaban J connectivity index is 3.25. The third-order valence-electron chi connectivity index (χ3n) is 3.95. The summed E-state index contributed by atoms with van der Waals surface area (Å²) in [6.07, 6.45) is 18.9. The molecule has 0 radical (unpaired) electrons. The van der Waals surface area contributed by atoms with Crippen molar-refractivity contribution in [1.29, 1.82) is 0 Å². The SMILES string of the molecule is CCCCCCCCCCCCCC/C=C/[C@H](O)C(=O)OOC. The van der Waals surface area contributed by atoms with Gasteiger partial charge < -0.3 is 5.11 Å². The lowest BCUT2D eigenvalue weighted by Crippen LogP contribution is -2.20. The molecule has 1 N–H and O–H groups in total. The van der Waals surface area contributed by atoms with Crippen molar-refractivity contribution >= 4 is 5.97 Å². The number of unbranched alkanes of at least 4 members (excludes halogenated alkanes) is 12. The van der Waals surface area contributed by atoms with E-state index in [4.69, 9.17) is 0 Å². The van der Waals surface area contributed by atoms with Crippen LogP contribution in [0.25, 0.3) is 0 Å². The standard InChI is InChI=1S/C19H36O4/c1-3-4-5-6-7-8-9-10-11-12-13-14-15-16-17-18(20)19(21)23-22-2/h16-18,20H,3-15H2,1-2H3/b17-16+/t18-/m0/s1. The summed E-state index contributed by atoms with van der Waals surface area (Å²) in [6, 6.07) is 0. The Morgan fingerprint density at radius 2 is 1.39 bits per heavy atom. The van der Waals surface area contributed by atoms with Gasteiger partial charge in [0.1, 0.15) is 0 Å². The van der Waals surface area contributed by atoms with Crippen molar-refractivity contribution in [3.8, 4) is 0 Å². The molecule has 0 bridgehead atoms. The van der Waals surface area contributed by atoms with Gasteiger partial charge in [-0.05, 0) is 18.9 Å². The zero-order chi connectivity index (χ0) is 17.2. The van der Waals surface area contributed by atoms with Crippen LogP contribution in [0.3, 0.4) is 0 Å². The average molecular weight is 328 g/mol. The van der Waals surface area contributed by atoms with E-state index in [2.05, 4.69) is 16.7 Å². The second kappa shape index (κ2) is 17.5. The molecular weight excluding hydrogens is 292 g/mol. The summed E-state index contributed by atoms with van der Waals surface area (Å²) in [4.78, 5) is 19.5. The Morgan fingerprint density at radius 1 is 0.913 bits per heavy atom. The molecule has 0 aliphatic rings. The fourth-order valence-electron chi connectivity index (χ4n) is 2.54. The molecule has 0 aromatic carbocycles. The van der Waals surface area contributed by atoms with E-state index in [0.717, 1.165) is 12.8 Å². The Hall–Kier alpha value is -0.870. The molecule has 0 unspecified atom stereocenters. The first kappa shape index (κ1) is 22.1. The molecule has 4 heteroatoms. The van der Waals surface area contributed by atoms with E-state index in [1.807, 2.05) is 6.08 Å². The normalized spacial score (nSPS) is 12.7. The highest BCUT2D eigenvalue weighted by Crippen LogP contribution is 2.12. The summed E-state index contributed by atoms with van der Waals surface area (Å²) in [5.41, 5.74) is 0. The van der Waals surface area contributed by atoms with Crippen LogP contribution in [0, 0.1) is 0 Å². The summed E-state index contributed by atoms with van der Waals surface area (Å²) in [5.74, 6) is -0.779. The summed E-state index contributed by atoms with van der Waals surface area (Å²) in [5, 5.41) is 9.40. The van der Waals surface area contributed by atoms with E-state index in [0.29, 0.717) is 0 Å². The Bertz CT molecular complexity index is 289. The number of hydrogen-bond acceptors (Lipinski definition) is 4. The van der Waals surface area contributed by atoms with E-state index in [-0.39, 0.29) is 0 Å².